The normalized spacial score (nSPS) is 11.4. The molecule has 7 heteroatoms. The predicted octanol–water partition coefficient (Wildman–Crippen LogP) is 3.30. The van der Waals surface area contributed by atoms with Gasteiger partial charge in [0.25, 0.3) is 5.91 Å². The number of carbonyl (C=O) groups is 1. The van der Waals surface area contributed by atoms with E-state index in [1.165, 1.54) is 22.0 Å². The third kappa shape index (κ3) is 5.55. The monoisotopic (exact) mass is 390 g/mol. The smallest absolute Gasteiger partial charge is 0.262 e. The molecule has 1 amide bonds. The quantitative estimate of drug-likeness (QED) is 0.713. The third-order valence-electron chi connectivity index (χ3n) is 4.16. The third-order valence-corrected chi connectivity index (χ3v) is 6.21. The Bertz CT molecular complexity index is 860. The van der Waals surface area contributed by atoms with E-state index in [1.54, 1.807) is 26.0 Å². The second-order valence-corrected chi connectivity index (χ2v) is 7.89. The molecule has 0 fully saturated rings. The lowest BCUT2D eigenvalue weighted by Crippen LogP contribution is -2.30. The minimum atomic E-state index is -3.57. The maximum atomic E-state index is 12.6. The molecule has 6 nitrogen and oxygen atoms in total. The number of ether oxygens (including phenoxy) is 1. The fraction of sp³-hybridized carbons (Fsp3) is 0.350. The fourth-order valence-corrected chi connectivity index (χ4v) is 4.12. The van der Waals surface area contributed by atoms with Crippen LogP contribution in [-0.2, 0) is 21.2 Å². The Morgan fingerprint density at radius 1 is 1.04 bits per heavy atom. The first kappa shape index (κ1) is 20.9. The van der Waals surface area contributed by atoms with Crippen LogP contribution in [0, 0.1) is 0 Å². The van der Waals surface area contributed by atoms with Crippen molar-refractivity contribution in [1.82, 2.24) is 4.31 Å². The summed E-state index contributed by atoms with van der Waals surface area (Å²) in [5, 5.41) is 2.68. The number of benzene rings is 2. The molecule has 0 saturated carbocycles. The van der Waals surface area contributed by atoms with Crippen LogP contribution in [0.4, 0.5) is 5.69 Å². The summed E-state index contributed by atoms with van der Waals surface area (Å²) in [6.07, 6.45) is 0.938. The van der Waals surface area contributed by atoms with E-state index in [0.717, 1.165) is 6.42 Å². The molecule has 146 valence electrons. The molecule has 0 heterocycles. The van der Waals surface area contributed by atoms with Gasteiger partial charge in [0.05, 0.1) is 4.90 Å². The van der Waals surface area contributed by atoms with Crippen LogP contribution in [0.25, 0.3) is 0 Å². The van der Waals surface area contributed by atoms with E-state index < -0.39 is 10.0 Å². The number of hydrogen-bond acceptors (Lipinski definition) is 4. The van der Waals surface area contributed by atoms with Crippen LogP contribution >= 0.6 is 0 Å². The van der Waals surface area contributed by atoms with Gasteiger partial charge in [-0.1, -0.05) is 39.0 Å². The molecule has 0 aliphatic heterocycles. The summed E-state index contributed by atoms with van der Waals surface area (Å²) in [6, 6.07) is 13.8. The molecule has 2 aromatic rings. The van der Waals surface area contributed by atoms with E-state index in [0.29, 0.717) is 24.5 Å². The molecule has 0 unspecified atom stereocenters. The Kier molecular flexibility index (Phi) is 7.38. The lowest BCUT2D eigenvalue weighted by Gasteiger charge is -2.18. The van der Waals surface area contributed by atoms with Crippen LogP contribution in [0.15, 0.2) is 53.4 Å². The van der Waals surface area contributed by atoms with Crippen LogP contribution in [-0.4, -0.2) is 38.3 Å². The summed E-state index contributed by atoms with van der Waals surface area (Å²) in [5.74, 6) is 0.257. The number of sulfonamides is 1. The van der Waals surface area contributed by atoms with Crippen molar-refractivity contribution in [2.45, 2.75) is 32.1 Å². The van der Waals surface area contributed by atoms with Gasteiger partial charge < -0.3 is 10.1 Å². The Hall–Kier alpha value is -2.38. The molecule has 1 N–H and O–H groups in total. The zero-order chi connectivity index (χ0) is 19.9. The molecular formula is C20H26N2O4S. The average Bonchev–Trinajstić information content (AvgIpc) is 2.67. The zero-order valence-electron chi connectivity index (χ0n) is 15.9. The maximum absolute atomic E-state index is 12.6. The molecule has 0 spiro atoms. The number of nitrogens with one attached hydrogen (secondary N) is 1. The van der Waals surface area contributed by atoms with Gasteiger partial charge in [-0.05, 0) is 42.3 Å². The van der Waals surface area contributed by atoms with Gasteiger partial charge in [0.2, 0.25) is 10.0 Å². The molecular weight excluding hydrogens is 364 g/mol. The highest BCUT2D eigenvalue weighted by Gasteiger charge is 2.21. The van der Waals surface area contributed by atoms with Gasteiger partial charge in [0.1, 0.15) is 5.75 Å². The van der Waals surface area contributed by atoms with Gasteiger partial charge in [-0.3, -0.25) is 4.79 Å². The highest BCUT2D eigenvalue weighted by atomic mass is 32.2. The summed E-state index contributed by atoms with van der Waals surface area (Å²) in [6.45, 7) is 6.27. The van der Waals surface area contributed by atoms with Crippen molar-refractivity contribution in [3.63, 3.8) is 0 Å². The van der Waals surface area contributed by atoms with Crippen LogP contribution in [0.5, 0.6) is 5.75 Å². The number of amides is 1. The van der Waals surface area contributed by atoms with E-state index in [4.69, 9.17) is 4.74 Å². The first-order valence-corrected chi connectivity index (χ1v) is 10.5. The molecule has 0 atom stereocenters. The highest BCUT2D eigenvalue weighted by molar-refractivity contribution is 7.89. The number of rotatable bonds is 9. The Labute approximate surface area is 161 Å². The van der Waals surface area contributed by atoms with Gasteiger partial charge in [0, 0.05) is 18.8 Å². The van der Waals surface area contributed by atoms with Crippen molar-refractivity contribution >= 4 is 21.6 Å². The van der Waals surface area contributed by atoms with Crippen LogP contribution < -0.4 is 10.1 Å². The van der Waals surface area contributed by atoms with Crippen molar-refractivity contribution in [1.29, 1.82) is 0 Å². The number of anilines is 1. The molecule has 0 saturated heterocycles. The van der Waals surface area contributed by atoms with E-state index >= 15 is 0 Å². The largest absolute Gasteiger partial charge is 0.484 e. The summed E-state index contributed by atoms with van der Waals surface area (Å²) < 4.78 is 32.0. The standard InChI is InChI=1S/C20H26N2O4S/c1-4-16-10-12-18(13-11-16)26-15-20(23)21-17-8-7-9-19(14-17)27(24,25)22(5-2)6-3/h7-14H,4-6,15H2,1-3H3,(H,21,23). The Morgan fingerprint density at radius 3 is 2.30 bits per heavy atom. The van der Waals surface area contributed by atoms with Crippen molar-refractivity contribution in [2.75, 3.05) is 25.0 Å². The van der Waals surface area contributed by atoms with Crippen molar-refractivity contribution in [2.24, 2.45) is 0 Å². The molecule has 2 rings (SSSR count). The summed E-state index contributed by atoms with van der Waals surface area (Å²) in [4.78, 5) is 12.3. The second kappa shape index (κ2) is 9.53. The first-order chi connectivity index (χ1) is 12.9. The first-order valence-electron chi connectivity index (χ1n) is 9.02. The number of carbonyl (C=O) groups excluding carboxylic acids is 1. The zero-order valence-corrected chi connectivity index (χ0v) is 16.8. The average molecular weight is 391 g/mol. The minimum absolute atomic E-state index is 0.153. The number of nitrogens with zero attached hydrogens (tertiary/aromatic N) is 1. The SMILES string of the molecule is CCc1ccc(OCC(=O)Nc2cccc(S(=O)(=O)N(CC)CC)c2)cc1. The van der Waals surface area contributed by atoms with E-state index in [1.807, 2.05) is 24.3 Å². The molecule has 0 radical (unpaired) electrons. The lowest BCUT2D eigenvalue weighted by molar-refractivity contribution is -0.118. The fourth-order valence-electron chi connectivity index (χ4n) is 2.61. The molecule has 27 heavy (non-hydrogen) atoms. The summed E-state index contributed by atoms with van der Waals surface area (Å²) in [5.41, 5.74) is 1.61. The van der Waals surface area contributed by atoms with E-state index in [9.17, 15) is 13.2 Å². The van der Waals surface area contributed by atoms with Gasteiger partial charge in [-0.2, -0.15) is 4.31 Å². The number of hydrogen-bond donors (Lipinski definition) is 1. The van der Waals surface area contributed by atoms with Gasteiger partial charge in [-0.15, -0.1) is 0 Å². The second-order valence-electron chi connectivity index (χ2n) is 5.95. The predicted molar refractivity (Wildman–Crippen MR) is 106 cm³/mol. The van der Waals surface area contributed by atoms with Crippen molar-refractivity contribution in [3.05, 3.63) is 54.1 Å². The van der Waals surface area contributed by atoms with Crippen LogP contribution in [0.2, 0.25) is 0 Å². The highest BCUT2D eigenvalue weighted by Crippen LogP contribution is 2.19. The molecule has 0 aliphatic rings. The van der Waals surface area contributed by atoms with Crippen molar-refractivity contribution in [3.8, 4) is 5.75 Å². The summed E-state index contributed by atoms with van der Waals surface area (Å²) in [7, 11) is -3.57. The molecule has 0 aromatic heterocycles. The Morgan fingerprint density at radius 2 is 1.70 bits per heavy atom. The summed E-state index contributed by atoms with van der Waals surface area (Å²) >= 11 is 0. The van der Waals surface area contributed by atoms with Gasteiger partial charge in [-0.25, -0.2) is 8.42 Å². The molecule has 2 aromatic carbocycles. The van der Waals surface area contributed by atoms with Crippen LogP contribution in [0.3, 0.4) is 0 Å². The lowest BCUT2D eigenvalue weighted by atomic mass is 10.2. The molecule has 0 aliphatic carbocycles. The van der Waals surface area contributed by atoms with Crippen LogP contribution in [0.1, 0.15) is 26.3 Å². The van der Waals surface area contributed by atoms with Gasteiger partial charge in [0.15, 0.2) is 6.61 Å². The van der Waals surface area contributed by atoms with Crippen molar-refractivity contribution < 1.29 is 17.9 Å². The van der Waals surface area contributed by atoms with E-state index in [-0.39, 0.29) is 17.4 Å². The maximum Gasteiger partial charge on any atom is 0.262 e. The minimum Gasteiger partial charge on any atom is -0.484 e. The topological polar surface area (TPSA) is 75.7 Å². The number of aryl methyl sites for hydroxylation is 1. The van der Waals surface area contributed by atoms with Gasteiger partial charge >= 0.3 is 0 Å². The Balaban J connectivity index is 2.01. The molecule has 0 bridgehead atoms. The van der Waals surface area contributed by atoms with E-state index in [2.05, 4.69) is 12.2 Å².